The predicted molar refractivity (Wildman–Crippen MR) is 93.4 cm³/mol. The Balaban J connectivity index is 2.34. The second kappa shape index (κ2) is 7.32. The van der Waals surface area contributed by atoms with Crippen LogP contribution in [-0.2, 0) is 6.54 Å². The van der Waals surface area contributed by atoms with Crippen LogP contribution in [0.25, 0.3) is 0 Å². The van der Waals surface area contributed by atoms with Gasteiger partial charge in [0.1, 0.15) is 5.84 Å². The lowest BCUT2D eigenvalue weighted by Gasteiger charge is -2.11. The van der Waals surface area contributed by atoms with E-state index in [1.807, 2.05) is 0 Å². The minimum absolute atomic E-state index is 0.208. The third-order valence-electron chi connectivity index (χ3n) is 3.17. The van der Waals surface area contributed by atoms with E-state index in [1.165, 1.54) is 6.07 Å². The van der Waals surface area contributed by atoms with Gasteiger partial charge in [0, 0.05) is 5.56 Å². The third-order valence-corrected chi connectivity index (χ3v) is 3.91. The van der Waals surface area contributed by atoms with E-state index >= 15 is 0 Å². The Morgan fingerprint density at radius 3 is 2.43 bits per heavy atom. The summed E-state index contributed by atoms with van der Waals surface area (Å²) in [5, 5.41) is 0.909. The number of carbonyl (C=O) groups is 1. The third kappa shape index (κ3) is 3.92. The molecule has 0 radical (unpaired) electrons. The van der Waals surface area contributed by atoms with Crippen LogP contribution in [0.3, 0.4) is 0 Å². The van der Waals surface area contributed by atoms with Crippen molar-refractivity contribution in [2.45, 2.75) is 6.54 Å². The number of hydrazine groups is 1. The van der Waals surface area contributed by atoms with E-state index in [2.05, 4.69) is 10.4 Å². The number of rotatable bonds is 4. The Morgan fingerprint density at radius 1 is 1.13 bits per heavy atom. The first kappa shape index (κ1) is 17.1. The smallest absolute Gasteiger partial charge is 0.250 e. The monoisotopic (exact) mass is 351 g/mol. The number of anilines is 1. The van der Waals surface area contributed by atoms with Crippen molar-refractivity contribution in [1.82, 2.24) is 5.43 Å². The zero-order chi connectivity index (χ0) is 17.0. The summed E-state index contributed by atoms with van der Waals surface area (Å²) >= 11 is 11.8. The minimum atomic E-state index is -0.620. The fraction of sp³-hybridized carbons (Fsp3) is 0.0667. The van der Waals surface area contributed by atoms with E-state index in [0.29, 0.717) is 28.0 Å². The molecular formula is C15H15Cl2N5O. The van der Waals surface area contributed by atoms with Crippen molar-refractivity contribution < 1.29 is 4.79 Å². The number of amidine groups is 1. The molecule has 1 amide bonds. The number of primary amides is 1. The molecule has 120 valence electrons. The van der Waals surface area contributed by atoms with E-state index in [0.717, 1.165) is 5.56 Å². The number of hydrogen-bond donors (Lipinski definition) is 4. The van der Waals surface area contributed by atoms with Crippen molar-refractivity contribution in [2.24, 2.45) is 16.6 Å². The van der Waals surface area contributed by atoms with Gasteiger partial charge >= 0.3 is 0 Å². The molecule has 2 rings (SSSR count). The fourth-order valence-corrected chi connectivity index (χ4v) is 2.32. The molecule has 0 unspecified atom stereocenters. The number of carbonyl (C=O) groups excluding carboxylic acids is 1. The SMILES string of the molecule is NNC(=NCc1ccc(Cl)c(Cl)c1)c1cccc(C(N)=O)c1N. The van der Waals surface area contributed by atoms with Gasteiger partial charge in [0.15, 0.2) is 0 Å². The maximum Gasteiger partial charge on any atom is 0.250 e. The number of nitrogens with zero attached hydrogens (tertiary/aromatic N) is 1. The first-order chi connectivity index (χ1) is 10.9. The normalized spacial score (nSPS) is 11.3. The van der Waals surface area contributed by atoms with E-state index in [9.17, 15) is 4.79 Å². The lowest BCUT2D eigenvalue weighted by molar-refractivity contribution is 0.100. The van der Waals surface area contributed by atoms with Crippen LogP contribution >= 0.6 is 23.2 Å². The van der Waals surface area contributed by atoms with Crippen LogP contribution in [0.5, 0.6) is 0 Å². The molecular weight excluding hydrogens is 337 g/mol. The average molecular weight is 352 g/mol. The molecule has 0 aromatic heterocycles. The molecule has 2 aromatic carbocycles. The Labute approximate surface area is 143 Å². The van der Waals surface area contributed by atoms with E-state index in [-0.39, 0.29) is 11.3 Å². The molecule has 0 saturated carbocycles. The van der Waals surface area contributed by atoms with Crippen molar-refractivity contribution >= 4 is 40.6 Å². The summed E-state index contributed by atoms with van der Waals surface area (Å²) in [5.74, 6) is 5.23. The van der Waals surface area contributed by atoms with Crippen molar-refractivity contribution in [3.05, 3.63) is 63.1 Å². The van der Waals surface area contributed by atoms with Crippen LogP contribution < -0.4 is 22.7 Å². The molecule has 0 spiro atoms. The Hall–Kier alpha value is -2.28. The van der Waals surface area contributed by atoms with Crippen LogP contribution in [0, 0.1) is 0 Å². The van der Waals surface area contributed by atoms with Crippen molar-refractivity contribution in [3.8, 4) is 0 Å². The van der Waals surface area contributed by atoms with Gasteiger partial charge in [-0.25, -0.2) is 5.84 Å². The minimum Gasteiger partial charge on any atom is -0.397 e. The zero-order valence-corrected chi connectivity index (χ0v) is 13.5. The molecule has 6 nitrogen and oxygen atoms in total. The van der Waals surface area contributed by atoms with Crippen molar-refractivity contribution in [1.29, 1.82) is 0 Å². The lowest BCUT2D eigenvalue weighted by Crippen LogP contribution is -2.32. The van der Waals surface area contributed by atoms with Gasteiger partial charge in [-0.1, -0.05) is 35.3 Å². The molecule has 0 aliphatic carbocycles. The van der Waals surface area contributed by atoms with Gasteiger partial charge in [0.25, 0.3) is 5.91 Å². The lowest BCUT2D eigenvalue weighted by atomic mass is 10.1. The maximum atomic E-state index is 11.4. The molecule has 0 aliphatic rings. The molecule has 0 heterocycles. The molecule has 0 bridgehead atoms. The van der Waals surface area contributed by atoms with E-state index < -0.39 is 5.91 Å². The highest BCUT2D eigenvalue weighted by Crippen LogP contribution is 2.23. The largest absolute Gasteiger partial charge is 0.397 e. The second-order valence-corrected chi connectivity index (χ2v) is 5.50. The topological polar surface area (TPSA) is 120 Å². The summed E-state index contributed by atoms with van der Waals surface area (Å²) in [6.45, 7) is 0.302. The molecule has 23 heavy (non-hydrogen) atoms. The molecule has 0 fully saturated rings. The van der Waals surface area contributed by atoms with E-state index in [1.54, 1.807) is 30.3 Å². The van der Waals surface area contributed by atoms with Crippen molar-refractivity contribution in [2.75, 3.05) is 5.73 Å². The molecule has 7 N–H and O–H groups in total. The number of aliphatic imine (C=N–C) groups is 1. The average Bonchev–Trinajstić information content (AvgIpc) is 2.52. The number of amides is 1. The summed E-state index contributed by atoms with van der Waals surface area (Å²) in [6.07, 6.45) is 0. The molecule has 8 heteroatoms. The highest BCUT2D eigenvalue weighted by atomic mass is 35.5. The second-order valence-electron chi connectivity index (χ2n) is 4.69. The standard InChI is InChI=1S/C15H15Cl2N5O/c16-11-5-4-8(6-12(11)17)7-21-15(22-20)10-3-1-2-9(13(10)18)14(19)23/h1-6H,7,18,20H2,(H2,19,23)(H,21,22). The number of nitrogen functional groups attached to an aromatic ring is 1. The van der Waals surface area contributed by atoms with Gasteiger partial charge in [-0.15, -0.1) is 0 Å². The number of nitrogens with one attached hydrogen (secondary N) is 1. The summed E-state index contributed by atoms with van der Waals surface area (Å²) in [7, 11) is 0. The van der Waals surface area contributed by atoms with Gasteiger partial charge in [0.2, 0.25) is 0 Å². The Morgan fingerprint density at radius 2 is 1.83 bits per heavy atom. The summed E-state index contributed by atoms with van der Waals surface area (Å²) < 4.78 is 0. The van der Waals surface area contributed by atoms with Crippen LogP contribution in [0.4, 0.5) is 5.69 Å². The van der Waals surface area contributed by atoms with Crippen molar-refractivity contribution in [3.63, 3.8) is 0 Å². The first-order valence-corrected chi connectivity index (χ1v) is 7.33. The fourth-order valence-electron chi connectivity index (χ4n) is 2.00. The Bertz CT molecular complexity index is 776. The van der Waals surface area contributed by atoms with Crippen LogP contribution in [-0.4, -0.2) is 11.7 Å². The maximum absolute atomic E-state index is 11.4. The number of halogens is 2. The quantitative estimate of drug-likeness (QED) is 0.221. The zero-order valence-electron chi connectivity index (χ0n) is 12.0. The van der Waals surface area contributed by atoms with Gasteiger partial charge in [-0.05, 0) is 29.8 Å². The first-order valence-electron chi connectivity index (χ1n) is 6.57. The van der Waals surface area contributed by atoms with Crippen LogP contribution in [0.15, 0.2) is 41.4 Å². The van der Waals surface area contributed by atoms with Gasteiger partial charge < -0.3 is 16.9 Å². The Kier molecular flexibility index (Phi) is 5.44. The molecule has 0 atom stereocenters. The number of para-hydroxylation sites is 1. The molecule has 0 saturated heterocycles. The van der Waals surface area contributed by atoms with Crippen LogP contribution in [0.2, 0.25) is 10.0 Å². The number of nitrogens with two attached hydrogens (primary N) is 3. The summed E-state index contributed by atoms with van der Waals surface area (Å²) in [4.78, 5) is 15.7. The summed E-state index contributed by atoms with van der Waals surface area (Å²) in [6, 6.07) is 10.1. The van der Waals surface area contributed by atoms with E-state index in [4.69, 9.17) is 40.5 Å². The van der Waals surface area contributed by atoms with Crippen LogP contribution in [0.1, 0.15) is 21.5 Å². The van der Waals surface area contributed by atoms with Gasteiger partial charge in [-0.2, -0.15) is 0 Å². The highest BCUT2D eigenvalue weighted by Gasteiger charge is 2.13. The summed E-state index contributed by atoms with van der Waals surface area (Å²) in [5.41, 5.74) is 15.5. The number of benzene rings is 2. The predicted octanol–water partition coefficient (Wildman–Crippen LogP) is 2.08. The highest BCUT2D eigenvalue weighted by molar-refractivity contribution is 6.42. The van der Waals surface area contributed by atoms with Gasteiger partial charge in [-0.3, -0.25) is 9.79 Å². The molecule has 2 aromatic rings. The molecule has 0 aliphatic heterocycles. The van der Waals surface area contributed by atoms with Gasteiger partial charge in [0.05, 0.1) is 27.8 Å². The number of hydrogen-bond acceptors (Lipinski definition) is 4.